The van der Waals surface area contributed by atoms with Gasteiger partial charge in [-0.25, -0.2) is 14.3 Å². The van der Waals surface area contributed by atoms with Crippen molar-refractivity contribution in [2.75, 3.05) is 19.0 Å². The molecule has 1 N–H and O–H groups in total. The molecular weight excluding hydrogens is 412 g/mol. The third-order valence-electron chi connectivity index (χ3n) is 4.51. The Hall–Kier alpha value is -3.33. The molecule has 1 aromatic carbocycles. The minimum Gasteiger partial charge on any atom is -0.495 e. The van der Waals surface area contributed by atoms with E-state index in [1.165, 1.54) is 31.0 Å². The maximum absolute atomic E-state index is 13.1. The van der Waals surface area contributed by atoms with Crippen molar-refractivity contribution in [3.05, 3.63) is 55.8 Å². The van der Waals surface area contributed by atoms with Crippen LogP contribution in [0.25, 0.3) is 11.0 Å². The summed E-state index contributed by atoms with van der Waals surface area (Å²) in [5.41, 5.74) is -0.152. The van der Waals surface area contributed by atoms with E-state index in [-0.39, 0.29) is 11.0 Å². The second-order valence-corrected chi connectivity index (χ2v) is 6.96. The number of pyridine rings is 1. The van der Waals surface area contributed by atoms with Gasteiger partial charge in [-0.2, -0.15) is 0 Å². The summed E-state index contributed by atoms with van der Waals surface area (Å²) in [5, 5.41) is 3.16. The average molecular weight is 433 g/mol. The number of halogens is 1. The molecule has 0 aliphatic heterocycles. The SMILES string of the molecule is CCOc1c(C)cnc2c1c(=O)n(CC(=O)Nc1cc(Cl)ccc1OC)c(=O)n2C. The lowest BCUT2D eigenvalue weighted by Crippen LogP contribution is -2.42. The molecule has 30 heavy (non-hydrogen) atoms. The number of rotatable bonds is 6. The van der Waals surface area contributed by atoms with Crippen LogP contribution in [0.3, 0.4) is 0 Å². The molecule has 0 bridgehead atoms. The number of fused-ring (bicyclic) bond motifs is 1. The number of ether oxygens (including phenoxy) is 2. The lowest BCUT2D eigenvalue weighted by atomic mass is 10.2. The van der Waals surface area contributed by atoms with Crippen LogP contribution >= 0.6 is 11.6 Å². The molecule has 0 aliphatic carbocycles. The fraction of sp³-hybridized carbons (Fsp3) is 0.300. The molecule has 3 aromatic rings. The Morgan fingerprint density at radius 3 is 2.70 bits per heavy atom. The van der Waals surface area contributed by atoms with Crippen LogP contribution in [-0.4, -0.2) is 33.7 Å². The number of anilines is 1. The normalized spacial score (nSPS) is 10.8. The van der Waals surface area contributed by atoms with Gasteiger partial charge in [-0.05, 0) is 32.0 Å². The Morgan fingerprint density at radius 1 is 1.30 bits per heavy atom. The summed E-state index contributed by atoms with van der Waals surface area (Å²) in [7, 11) is 2.93. The van der Waals surface area contributed by atoms with Crippen molar-refractivity contribution in [3.8, 4) is 11.5 Å². The molecule has 3 rings (SSSR count). The van der Waals surface area contributed by atoms with Gasteiger partial charge < -0.3 is 14.8 Å². The van der Waals surface area contributed by atoms with Gasteiger partial charge in [0.2, 0.25) is 5.91 Å². The number of aryl methyl sites for hydroxylation is 2. The van der Waals surface area contributed by atoms with Crippen molar-refractivity contribution in [2.45, 2.75) is 20.4 Å². The second kappa shape index (κ2) is 8.58. The van der Waals surface area contributed by atoms with Gasteiger partial charge in [0.1, 0.15) is 23.4 Å². The number of hydrogen-bond acceptors (Lipinski definition) is 6. The Bertz CT molecular complexity index is 1250. The second-order valence-electron chi connectivity index (χ2n) is 6.53. The first kappa shape index (κ1) is 21.4. The van der Waals surface area contributed by atoms with E-state index in [4.69, 9.17) is 21.1 Å². The van der Waals surface area contributed by atoms with Gasteiger partial charge in [-0.3, -0.25) is 14.2 Å². The number of carbonyl (C=O) groups is 1. The number of hydrogen-bond donors (Lipinski definition) is 1. The molecule has 2 heterocycles. The summed E-state index contributed by atoms with van der Waals surface area (Å²) in [6.45, 7) is 3.37. The lowest BCUT2D eigenvalue weighted by Gasteiger charge is -2.15. The maximum Gasteiger partial charge on any atom is 0.332 e. The van der Waals surface area contributed by atoms with Crippen LogP contribution in [0.5, 0.6) is 11.5 Å². The molecule has 0 spiro atoms. The highest BCUT2D eigenvalue weighted by atomic mass is 35.5. The number of nitrogens with zero attached hydrogens (tertiary/aromatic N) is 3. The average Bonchev–Trinajstić information content (AvgIpc) is 2.71. The van der Waals surface area contributed by atoms with Crippen molar-refractivity contribution in [1.29, 1.82) is 0 Å². The molecule has 2 aromatic heterocycles. The van der Waals surface area contributed by atoms with Crippen LogP contribution in [0.15, 0.2) is 34.0 Å². The Kier molecular flexibility index (Phi) is 6.12. The first-order valence-corrected chi connectivity index (χ1v) is 9.51. The van der Waals surface area contributed by atoms with Gasteiger partial charge in [-0.15, -0.1) is 0 Å². The van der Waals surface area contributed by atoms with Crippen LogP contribution in [-0.2, 0) is 18.4 Å². The molecule has 0 aliphatic rings. The van der Waals surface area contributed by atoms with Crippen molar-refractivity contribution < 1.29 is 14.3 Å². The number of methoxy groups -OCH3 is 1. The molecular formula is C20H21ClN4O5. The highest BCUT2D eigenvalue weighted by Crippen LogP contribution is 2.28. The summed E-state index contributed by atoms with van der Waals surface area (Å²) in [6, 6.07) is 4.73. The van der Waals surface area contributed by atoms with E-state index in [9.17, 15) is 14.4 Å². The molecule has 0 fully saturated rings. The molecule has 9 nitrogen and oxygen atoms in total. The van der Waals surface area contributed by atoms with E-state index in [2.05, 4.69) is 10.3 Å². The standard InChI is InChI=1S/C20H21ClN4O5/c1-5-30-17-11(2)9-22-18-16(17)19(27)25(20(28)24(18)3)10-15(26)23-13-8-12(21)6-7-14(13)29-4/h6-9H,5,10H2,1-4H3,(H,23,26). The van der Waals surface area contributed by atoms with E-state index in [0.29, 0.717) is 34.4 Å². The third-order valence-corrected chi connectivity index (χ3v) is 4.74. The third kappa shape index (κ3) is 3.88. The van der Waals surface area contributed by atoms with Crippen LogP contribution in [0.1, 0.15) is 12.5 Å². The van der Waals surface area contributed by atoms with Crippen LogP contribution in [0.4, 0.5) is 5.69 Å². The number of nitrogens with one attached hydrogen (secondary N) is 1. The number of carbonyl (C=O) groups excluding carboxylic acids is 1. The molecule has 158 valence electrons. The quantitative estimate of drug-likeness (QED) is 0.639. The molecule has 0 atom stereocenters. The molecule has 1 amide bonds. The first-order valence-electron chi connectivity index (χ1n) is 9.13. The number of aromatic nitrogens is 3. The molecule has 0 unspecified atom stereocenters. The zero-order valence-corrected chi connectivity index (χ0v) is 17.7. The van der Waals surface area contributed by atoms with E-state index in [1.807, 2.05) is 0 Å². The summed E-state index contributed by atoms with van der Waals surface area (Å²) in [4.78, 5) is 42.7. The van der Waals surface area contributed by atoms with Gasteiger partial charge in [0.05, 0.1) is 19.4 Å². The summed E-state index contributed by atoms with van der Waals surface area (Å²) in [6.07, 6.45) is 1.54. The van der Waals surface area contributed by atoms with Crippen molar-refractivity contribution in [1.82, 2.24) is 14.1 Å². The van der Waals surface area contributed by atoms with Crippen LogP contribution in [0, 0.1) is 6.92 Å². The van der Waals surface area contributed by atoms with Gasteiger partial charge in [0.25, 0.3) is 5.56 Å². The van der Waals surface area contributed by atoms with E-state index in [0.717, 1.165) is 4.57 Å². The minimum atomic E-state index is -0.667. The monoisotopic (exact) mass is 432 g/mol. The highest BCUT2D eigenvalue weighted by molar-refractivity contribution is 6.31. The molecule has 0 saturated heterocycles. The Balaban J connectivity index is 2.07. The van der Waals surface area contributed by atoms with Gasteiger partial charge in [-0.1, -0.05) is 11.6 Å². The van der Waals surface area contributed by atoms with E-state index < -0.39 is 23.7 Å². The van der Waals surface area contributed by atoms with Crippen molar-refractivity contribution >= 4 is 34.2 Å². The fourth-order valence-electron chi connectivity index (χ4n) is 3.10. The largest absolute Gasteiger partial charge is 0.495 e. The molecule has 10 heteroatoms. The number of benzene rings is 1. The fourth-order valence-corrected chi connectivity index (χ4v) is 3.27. The number of amides is 1. The Labute approximate surface area is 176 Å². The molecule has 0 saturated carbocycles. The minimum absolute atomic E-state index is 0.145. The zero-order valence-electron chi connectivity index (χ0n) is 17.0. The van der Waals surface area contributed by atoms with Gasteiger partial charge in [0.15, 0.2) is 5.65 Å². The van der Waals surface area contributed by atoms with Crippen LogP contribution in [0.2, 0.25) is 5.02 Å². The van der Waals surface area contributed by atoms with Crippen molar-refractivity contribution in [3.63, 3.8) is 0 Å². The Morgan fingerprint density at radius 2 is 2.03 bits per heavy atom. The van der Waals surface area contributed by atoms with Crippen molar-refractivity contribution in [2.24, 2.45) is 7.05 Å². The topological polar surface area (TPSA) is 104 Å². The summed E-state index contributed by atoms with van der Waals surface area (Å²) >= 11 is 5.98. The highest BCUT2D eigenvalue weighted by Gasteiger charge is 2.20. The molecule has 0 radical (unpaired) electrons. The van der Waals surface area contributed by atoms with E-state index in [1.54, 1.807) is 26.0 Å². The first-order chi connectivity index (χ1) is 14.3. The summed E-state index contributed by atoms with van der Waals surface area (Å²) in [5.74, 6) is 0.145. The lowest BCUT2D eigenvalue weighted by molar-refractivity contribution is -0.116. The van der Waals surface area contributed by atoms with E-state index >= 15 is 0 Å². The predicted octanol–water partition coefficient (Wildman–Crippen LogP) is 2.10. The smallest absolute Gasteiger partial charge is 0.332 e. The summed E-state index contributed by atoms with van der Waals surface area (Å²) < 4.78 is 12.9. The van der Waals surface area contributed by atoms with Crippen LogP contribution < -0.4 is 26.0 Å². The zero-order chi connectivity index (χ0) is 22.0. The maximum atomic E-state index is 13.1. The predicted molar refractivity (Wildman–Crippen MR) is 114 cm³/mol. The van der Waals surface area contributed by atoms with Gasteiger partial charge in [0, 0.05) is 23.8 Å². The van der Waals surface area contributed by atoms with Gasteiger partial charge >= 0.3 is 5.69 Å².